The molecule has 0 saturated carbocycles. The molecule has 92 valence electrons. The Morgan fingerprint density at radius 2 is 2.12 bits per heavy atom. The summed E-state index contributed by atoms with van der Waals surface area (Å²) >= 11 is 1.67. The van der Waals surface area contributed by atoms with Crippen molar-refractivity contribution in [3.05, 3.63) is 10.0 Å². The molecule has 0 saturated heterocycles. The lowest BCUT2D eigenvalue weighted by molar-refractivity contribution is 0.0230. The van der Waals surface area contributed by atoms with Gasteiger partial charge in [0, 0.05) is 13.5 Å². The molecule has 0 bridgehead atoms. The standard InChI is InChI=1S/C11H21N3OS/c1-6-8(12-4)10-14-13-9(16-10)7-11(2,3)15-5/h8,12H,6-7H2,1-5H3. The molecule has 5 heteroatoms. The van der Waals surface area contributed by atoms with Crippen molar-refractivity contribution in [2.45, 2.75) is 45.3 Å². The quantitative estimate of drug-likeness (QED) is 0.832. The van der Waals surface area contributed by atoms with Gasteiger partial charge >= 0.3 is 0 Å². The van der Waals surface area contributed by atoms with Gasteiger partial charge in [-0.05, 0) is 27.3 Å². The number of nitrogens with one attached hydrogen (secondary N) is 1. The summed E-state index contributed by atoms with van der Waals surface area (Å²) in [6.45, 7) is 6.26. The Kier molecular flexibility index (Phi) is 4.83. The number of hydrogen-bond donors (Lipinski definition) is 1. The lowest BCUT2D eigenvalue weighted by atomic mass is 10.1. The molecule has 1 aromatic rings. The Morgan fingerprint density at radius 1 is 1.44 bits per heavy atom. The first-order chi connectivity index (χ1) is 7.52. The first kappa shape index (κ1) is 13.5. The zero-order valence-corrected chi connectivity index (χ0v) is 11.5. The molecule has 0 aliphatic carbocycles. The van der Waals surface area contributed by atoms with Gasteiger partial charge in [0.2, 0.25) is 0 Å². The third-order valence-electron chi connectivity index (χ3n) is 2.67. The van der Waals surface area contributed by atoms with E-state index in [4.69, 9.17) is 4.74 Å². The van der Waals surface area contributed by atoms with Crippen molar-refractivity contribution >= 4 is 11.3 Å². The van der Waals surface area contributed by atoms with Crippen LogP contribution in [0, 0.1) is 0 Å². The van der Waals surface area contributed by atoms with Crippen molar-refractivity contribution in [2.75, 3.05) is 14.2 Å². The molecule has 1 rings (SSSR count). The van der Waals surface area contributed by atoms with Crippen LogP contribution in [0.4, 0.5) is 0 Å². The molecule has 0 spiro atoms. The first-order valence-electron chi connectivity index (χ1n) is 5.57. The molecule has 0 radical (unpaired) electrons. The van der Waals surface area contributed by atoms with E-state index in [0.29, 0.717) is 6.04 Å². The zero-order valence-electron chi connectivity index (χ0n) is 10.7. The fourth-order valence-electron chi connectivity index (χ4n) is 1.42. The summed E-state index contributed by atoms with van der Waals surface area (Å²) in [6.07, 6.45) is 1.83. The third-order valence-corrected chi connectivity index (χ3v) is 3.70. The van der Waals surface area contributed by atoms with Crippen molar-refractivity contribution in [1.29, 1.82) is 0 Å². The Bertz CT molecular complexity index is 321. The van der Waals surface area contributed by atoms with E-state index in [-0.39, 0.29) is 5.60 Å². The maximum atomic E-state index is 5.39. The minimum Gasteiger partial charge on any atom is -0.378 e. The number of hydrogen-bond acceptors (Lipinski definition) is 5. The third kappa shape index (κ3) is 3.50. The smallest absolute Gasteiger partial charge is 0.134 e. The summed E-state index contributed by atoms with van der Waals surface area (Å²) in [5.74, 6) is 0. The van der Waals surface area contributed by atoms with Crippen LogP contribution in [-0.2, 0) is 11.2 Å². The van der Waals surface area contributed by atoms with E-state index in [1.807, 2.05) is 7.05 Å². The van der Waals surface area contributed by atoms with Gasteiger partial charge < -0.3 is 10.1 Å². The van der Waals surface area contributed by atoms with Gasteiger partial charge in [-0.2, -0.15) is 0 Å². The molecule has 1 unspecified atom stereocenters. The second-order valence-corrected chi connectivity index (χ2v) is 5.52. The van der Waals surface area contributed by atoms with Crippen LogP contribution in [0.15, 0.2) is 0 Å². The largest absolute Gasteiger partial charge is 0.378 e. The summed E-state index contributed by atoms with van der Waals surface area (Å²) in [4.78, 5) is 0. The molecule has 0 fully saturated rings. The van der Waals surface area contributed by atoms with E-state index < -0.39 is 0 Å². The SMILES string of the molecule is CCC(NC)c1nnc(CC(C)(C)OC)s1. The van der Waals surface area contributed by atoms with Crippen LogP contribution in [0.5, 0.6) is 0 Å². The average Bonchev–Trinajstić information content (AvgIpc) is 2.68. The number of nitrogens with zero attached hydrogens (tertiary/aromatic N) is 2. The molecule has 0 aromatic carbocycles. The highest BCUT2D eigenvalue weighted by Gasteiger charge is 2.21. The van der Waals surface area contributed by atoms with E-state index in [1.165, 1.54) is 0 Å². The molecule has 4 nitrogen and oxygen atoms in total. The summed E-state index contributed by atoms with van der Waals surface area (Å²) < 4.78 is 5.39. The van der Waals surface area contributed by atoms with E-state index in [0.717, 1.165) is 22.9 Å². The molecule has 1 heterocycles. The van der Waals surface area contributed by atoms with Crippen molar-refractivity contribution in [1.82, 2.24) is 15.5 Å². The summed E-state index contributed by atoms with van der Waals surface area (Å²) in [5.41, 5.74) is -0.168. The van der Waals surface area contributed by atoms with Gasteiger partial charge in [-0.1, -0.05) is 18.3 Å². The number of aromatic nitrogens is 2. The first-order valence-corrected chi connectivity index (χ1v) is 6.38. The monoisotopic (exact) mass is 243 g/mol. The second kappa shape index (κ2) is 5.70. The van der Waals surface area contributed by atoms with Crippen molar-refractivity contribution in [2.24, 2.45) is 0 Å². The van der Waals surface area contributed by atoms with Crippen LogP contribution in [0.3, 0.4) is 0 Å². The Balaban J connectivity index is 2.71. The van der Waals surface area contributed by atoms with E-state index in [9.17, 15) is 0 Å². The molecule has 0 aliphatic heterocycles. The highest BCUT2D eigenvalue weighted by Crippen LogP contribution is 2.24. The zero-order chi connectivity index (χ0) is 12.2. The van der Waals surface area contributed by atoms with Crippen LogP contribution in [-0.4, -0.2) is 30.0 Å². The lowest BCUT2D eigenvalue weighted by Gasteiger charge is -2.20. The van der Waals surface area contributed by atoms with E-state index >= 15 is 0 Å². The van der Waals surface area contributed by atoms with Gasteiger partial charge in [0.05, 0.1) is 11.6 Å². The molecule has 1 atom stereocenters. The predicted octanol–water partition coefficient (Wildman–Crippen LogP) is 2.18. The van der Waals surface area contributed by atoms with Gasteiger partial charge in [-0.15, -0.1) is 10.2 Å². The summed E-state index contributed by atoms with van der Waals surface area (Å²) in [7, 11) is 3.68. The van der Waals surface area contributed by atoms with Gasteiger partial charge in [0.15, 0.2) is 0 Å². The molecule has 1 aromatic heterocycles. The van der Waals surface area contributed by atoms with Crippen LogP contribution in [0.25, 0.3) is 0 Å². The fourth-order valence-corrected chi connectivity index (χ4v) is 2.67. The van der Waals surface area contributed by atoms with Crippen LogP contribution < -0.4 is 5.32 Å². The second-order valence-electron chi connectivity index (χ2n) is 4.42. The van der Waals surface area contributed by atoms with E-state index in [2.05, 4.69) is 36.3 Å². The Labute approximate surface area is 101 Å². The molecule has 16 heavy (non-hydrogen) atoms. The molecule has 0 aliphatic rings. The van der Waals surface area contributed by atoms with Gasteiger partial charge in [0.1, 0.15) is 10.0 Å². The molecule has 1 N–H and O–H groups in total. The summed E-state index contributed by atoms with van der Waals surface area (Å²) in [5, 5.41) is 13.8. The number of ether oxygens (including phenoxy) is 1. The van der Waals surface area contributed by atoms with Crippen molar-refractivity contribution in [3.8, 4) is 0 Å². The summed E-state index contributed by atoms with van der Waals surface area (Å²) in [6, 6.07) is 0.317. The maximum absolute atomic E-state index is 5.39. The van der Waals surface area contributed by atoms with E-state index in [1.54, 1.807) is 18.4 Å². The highest BCUT2D eigenvalue weighted by molar-refractivity contribution is 7.11. The minimum absolute atomic E-state index is 0.168. The molecular formula is C11H21N3OS. The normalized spacial score (nSPS) is 14.1. The maximum Gasteiger partial charge on any atom is 0.134 e. The van der Waals surface area contributed by atoms with Crippen LogP contribution in [0.1, 0.15) is 43.2 Å². The Hall–Kier alpha value is -0.520. The fraction of sp³-hybridized carbons (Fsp3) is 0.818. The minimum atomic E-state index is -0.168. The van der Waals surface area contributed by atoms with Crippen LogP contribution in [0.2, 0.25) is 0 Å². The van der Waals surface area contributed by atoms with Crippen LogP contribution >= 0.6 is 11.3 Å². The predicted molar refractivity (Wildman–Crippen MR) is 66.8 cm³/mol. The Morgan fingerprint density at radius 3 is 2.62 bits per heavy atom. The van der Waals surface area contributed by atoms with Gasteiger partial charge in [-0.3, -0.25) is 0 Å². The molecular weight excluding hydrogens is 222 g/mol. The highest BCUT2D eigenvalue weighted by atomic mass is 32.1. The van der Waals surface area contributed by atoms with Gasteiger partial charge in [-0.25, -0.2) is 0 Å². The van der Waals surface area contributed by atoms with Crippen molar-refractivity contribution in [3.63, 3.8) is 0 Å². The topological polar surface area (TPSA) is 47.0 Å². The average molecular weight is 243 g/mol. The number of methoxy groups -OCH3 is 1. The van der Waals surface area contributed by atoms with Crippen molar-refractivity contribution < 1.29 is 4.74 Å². The lowest BCUT2D eigenvalue weighted by Crippen LogP contribution is -2.25. The molecule has 0 amide bonds. The number of rotatable bonds is 6. The van der Waals surface area contributed by atoms with Gasteiger partial charge in [0.25, 0.3) is 0 Å².